The van der Waals surface area contributed by atoms with Crippen LogP contribution < -0.4 is 0 Å². The van der Waals surface area contributed by atoms with Crippen LogP contribution in [0.1, 0.15) is 31.0 Å². The van der Waals surface area contributed by atoms with Crippen molar-refractivity contribution in [2.45, 2.75) is 19.9 Å². The molecule has 0 bridgehead atoms. The van der Waals surface area contributed by atoms with Gasteiger partial charge >= 0.3 is 0 Å². The Bertz CT molecular complexity index is 761. The predicted octanol–water partition coefficient (Wildman–Crippen LogP) is 3.24. The minimum atomic E-state index is 0.255. The number of carbonyl (C=O) groups excluding carboxylic acids is 1. The van der Waals surface area contributed by atoms with E-state index < -0.39 is 0 Å². The van der Waals surface area contributed by atoms with Crippen LogP contribution >= 0.6 is 0 Å². The van der Waals surface area contributed by atoms with Crippen LogP contribution in [0.15, 0.2) is 48.5 Å². The second-order valence-corrected chi connectivity index (χ2v) is 7.46. The van der Waals surface area contributed by atoms with Gasteiger partial charge in [-0.05, 0) is 36.1 Å². The number of likely N-dealkylation sites (N-methyl/N-ethyl adjacent to an activating group) is 1. The minimum Gasteiger partial charge on any atom is -0.342 e. The molecule has 4 rings (SSSR count). The Labute approximate surface area is 162 Å². The number of hydrogen-bond acceptors (Lipinski definition) is 3. The zero-order valence-electron chi connectivity index (χ0n) is 16.4. The van der Waals surface area contributed by atoms with Crippen LogP contribution in [0.4, 0.5) is 0 Å². The van der Waals surface area contributed by atoms with E-state index in [9.17, 15) is 4.79 Å². The summed E-state index contributed by atoms with van der Waals surface area (Å²) in [4.78, 5) is 19.2. The molecule has 1 heterocycles. The Hall–Kier alpha value is -2.17. The highest BCUT2D eigenvalue weighted by atomic mass is 16.2. The first-order valence-electron chi connectivity index (χ1n) is 10.1. The van der Waals surface area contributed by atoms with E-state index in [1.165, 1.54) is 22.3 Å². The molecule has 0 spiro atoms. The number of fused-ring (bicyclic) bond motifs is 3. The van der Waals surface area contributed by atoms with Crippen LogP contribution in [-0.2, 0) is 4.79 Å². The molecule has 1 saturated heterocycles. The Morgan fingerprint density at radius 2 is 1.41 bits per heavy atom. The molecule has 2 aliphatic rings. The third-order valence-corrected chi connectivity index (χ3v) is 6.05. The molecule has 142 valence electrons. The molecular weight excluding hydrogens is 334 g/mol. The van der Waals surface area contributed by atoms with Crippen molar-refractivity contribution >= 4 is 5.91 Å². The normalized spacial score (nSPS) is 17.6. The molecule has 0 radical (unpaired) electrons. The molecule has 0 N–H and O–H groups in total. The van der Waals surface area contributed by atoms with Crippen molar-refractivity contribution < 1.29 is 4.79 Å². The molecule has 4 nitrogen and oxygen atoms in total. The summed E-state index contributed by atoms with van der Waals surface area (Å²) in [7, 11) is 0. The average molecular weight is 364 g/mol. The van der Waals surface area contributed by atoms with Gasteiger partial charge in [0.15, 0.2) is 0 Å². The highest BCUT2D eigenvalue weighted by Crippen LogP contribution is 2.46. The molecule has 27 heavy (non-hydrogen) atoms. The molecule has 0 aromatic heterocycles. The van der Waals surface area contributed by atoms with Crippen LogP contribution in [0.25, 0.3) is 11.1 Å². The summed E-state index contributed by atoms with van der Waals surface area (Å²) in [5, 5.41) is 0. The Morgan fingerprint density at radius 3 is 1.93 bits per heavy atom. The van der Waals surface area contributed by atoms with E-state index in [4.69, 9.17) is 0 Å². The summed E-state index contributed by atoms with van der Waals surface area (Å²) >= 11 is 0. The molecule has 1 aliphatic carbocycles. The van der Waals surface area contributed by atoms with E-state index in [1.54, 1.807) is 0 Å². The van der Waals surface area contributed by atoms with Gasteiger partial charge < -0.3 is 4.90 Å². The molecule has 2 aromatic rings. The fraction of sp³-hybridized carbons (Fsp3) is 0.435. The lowest BCUT2D eigenvalue weighted by Gasteiger charge is -2.39. The minimum absolute atomic E-state index is 0.255. The van der Waals surface area contributed by atoms with E-state index in [0.717, 1.165) is 39.3 Å². The Morgan fingerprint density at radius 1 is 0.889 bits per heavy atom. The van der Waals surface area contributed by atoms with Crippen molar-refractivity contribution in [3.63, 3.8) is 0 Å². The smallest absolute Gasteiger partial charge is 0.236 e. The first kappa shape index (κ1) is 18.2. The highest BCUT2D eigenvalue weighted by molar-refractivity contribution is 5.79. The topological polar surface area (TPSA) is 26.8 Å². The summed E-state index contributed by atoms with van der Waals surface area (Å²) in [6.07, 6.45) is 0. The van der Waals surface area contributed by atoms with Gasteiger partial charge in [0.2, 0.25) is 5.91 Å². The van der Waals surface area contributed by atoms with Gasteiger partial charge in [-0.3, -0.25) is 14.6 Å². The molecule has 0 unspecified atom stereocenters. The van der Waals surface area contributed by atoms with Crippen LogP contribution in [0.3, 0.4) is 0 Å². The zero-order valence-corrected chi connectivity index (χ0v) is 16.4. The van der Waals surface area contributed by atoms with Gasteiger partial charge in [0.05, 0.1) is 12.6 Å². The first-order chi connectivity index (χ1) is 13.2. The number of amides is 1. The first-order valence-corrected chi connectivity index (χ1v) is 10.1. The monoisotopic (exact) mass is 363 g/mol. The van der Waals surface area contributed by atoms with E-state index in [1.807, 2.05) is 18.7 Å². The summed E-state index contributed by atoms with van der Waals surface area (Å²) in [5.74, 6) is 0.255. The van der Waals surface area contributed by atoms with E-state index in [-0.39, 0.29) is 5.91 Å². The van der Waals surface area contributed by atoms with Crippen LogP contribution in [-0.4, -0.2) is 66.4 Å². The number of carbonyl (C=O) groups is 1. The van der Waals surface area contributed by atoms with Crippen LogP contribution in [0.5, 0.6) is 0 Å². The zero-order chi connectivity index (χ0) is 18.8. The van der Waals surface area contributed by atoms with E-state index in [2.05, 4.69) is 58.3 Å². The summed E-state index contributed by atoms with van der Waals surface area (Å²) in [6.45, 7) is 10.1. The number of benzene rings is 2. The second kappa shape index (κ2) is 7.83. The van der Waals surface area contributed by atoms with E-state index in [0.29, 0.717) is 12.6 Å². The van der Waals surface area contributed by atoms with Gasteiger partial charge in [-0.25, -0.2) is 0 Å². The standard InChI is InChI=1S/C23H29N3O/c1-3-25(4-2)22(27)17-24-13-15-26(16-14-24)23-20-11-7-5-9-18(20)19-10-6-8-12-21(19)23/h5-12,23H,3-4,13-17H2,1-2H3. The molecule has 1 fully saturated rings. The highest BCUT2D eigenvalue weighted by Gasteiger charge is 2.34. The lowest BCUT2D eigenvalue weighted by Crippen LogP contribution is -2.50. The molecular formula is C23H29N3O. The van der Waals surface area contributed by atoms with Crippen LogP contribution in [0, 0.1) is 0 Å². The SMILES string of the molecule is CCN(CC)C(=O)CN1CCN(C2c3ccccc3-c3ccccc32)CC1. The largest absolute Gasteiger partial charge is 0.342 e. The van der Waals surface area contributed by atoms with Gasteiger partial charge in [0.1, 0.15) is 0 Å². The maximum absolute atomic E-state index is 12.4. The summed E-state index contributed by atoms with van der Waals surface area (Å²) < 4.78 is 0. The predicted molar refractivity (Wildman–Crippen MR) is 110 cm³/mol. The third-order valence-electron chi connectivity index (χ3n) is 6.05. The van der Waals surface area contributed by atoms with Crippen molar-refractivity contribution in [2.24, 2.45) is 0 Å². The molecule has 0 saturated carbocycles. The lowest BCUT2D eigenvalue weighted by molar-refractivity contribution is -0.132. The molecule has 4 heteroatoms. The number of nitrogens with zero attached hydrogens (tertiary/aromatic N) is 3. The van der Waals surface area contributed by atoms with Crippen molar-refractivity contribution in [1.82, 2.24) is 14.7 Å². The average Bonchev–Trinajstić information content (AvgIpc) is 3.04. The van der Waals surface area contributed by atoms with E-state index >= 15 is 0 Å². The third kappa shape index (κ3) is 3.40. The number of piperazine rings is 1. The fourth-order valence-electron chi connectivity index (χ4n) is 4.57. The maximum atomic E-state index is 12.4. The quantitative estimate of drug-likeness (QED) is 0.816. The number of rotatable bonds is 5. The molecule has 0 atom stereocenters. The van der Waals surface area contributed by atoms with Gasteiger partial charge in [0, 0.05) is 39.3 Å². The number of hydrogen-bond donors (Lipinski definition) is 0. The molecule has 1 aliphatic heterocycles. The maximum Gasteiger partial charge on any atom is 0.236 e. The lowest BCUT2D eigenvalue weighted by atomic mass is 10.0. The summed E-state index contributed by atoms with van der Waals surface area (Å²) in [6, 6.07) is 17.9. The van der Waals surface area contributed by atoms with Gasteiger partial charge in [-0.15, -0.1) is 0 Å². The summed E-state index contributed by atoms with van der Waals surface area (Å²) in [5.41, 5.74) is 5.59. The molecule has 2 aromatic carbocycles. The molecule has 1 amide bonds. The Balaban J connectivity index is 1.47. The van der Waals surface area contributed by atoms with Gasteiger partial charge in [-0.1, -0.05) is 48.5 Å². The van der Waals surface area contributed by atoms with Crippen molar-refractivity contribution in [1.29, 1.82) is 0 Å². The second-order valence-electron chi connectivity index (χ2n) is 7.46. The van der Waals surface area contributed by atoms with Gasteiger partial charge in [-0.2, -0.15) is 0 Å². The van der Waals surface area contributed by atoms with Crippen molar-refractivity contribution in [3.8, 4) is 11.1 Å². The van der Waals surface area contributed by atoms with Gasteiger partial charge in [0.25, 0.3) is 0 Å². The van der Waals surface area contributed by atoms with Crippen molar-refractivity contribution in [3.05, 3.63) is 59.7 Å². The van der Waals surface area contributed by atoms with Crippen molar-refractivity contribution in [2.75, 3.05) is 45.8 Å². The Kier molecular flexibility index (Phi) is 5.28. The fourth-order valence-corrected chi connectivity index (χ4v) is 4.57. The van der Waals surface area contributed by atoms with Crippen LogP contribution in [0.2, 0.25) is 0 Å².